The van der Waals surface area contributed by atoms with Gasteiger partial charge in [0.25, 0.3) is 0 Å². The van der Waals surface area contributed by atoms with Gasteiger partial charge in [0.2, 0.25) is 5.36 Å². The predicted octanol–water partition coefficient (Wildman–Crippen LogP) is 18.9. The van der Waals surface area contributed by atoms with Gasteiger partial charge in [-0.1, -0.05) is 139 Å². The first kappa shape index (κ1) is 85.0. The fraction of sp³-hybridized carbons (Fsp3) is 0.405. The number of carbonyl (C=O) groups is 1. The standard InChI is InChI=1S/C22H27NO2S.C21H28N3S.C19H22N2OS.C17H19NS.C4H8O2.CH3.HI.Pd/c1-5-6-7-10-16-13-14-20-18(15-16)23(21(24)25-22(2,3)4)17-11-8-9-12-19(17)26-20;1-6-7-8-9-15-12-18-21(14-19(15)24(4)5)25-20-13-16(23(2)3)10-11-17(20)22-18;1-4-5-6-7-13-10-16-19(12-17(13)22)23-18-11-14(21(2)3)8-9-15(18)20-16;1-2-3-4-7-13-10-11-17-15(12-13)18-14-8-5-6-9-16(14)19-17;5-4-2-1-3-6-4;;;/h8-9,11-15H,5-7,10H2,1-4H3;10-14H,6-9H2,1-5H3;8-12H,4-7H2,1-3H3;5-6,8-12,18H,2-4,7H2,1H3;4-5H,1-3H2;1H3;1H;/q;+1;;;;-1;;/p-1. The van der Waals surface area contributed by atoms with Crippen LogP contribution in [0.25, 0.3) is 41.6 Å². The number of aromatic nitrogens is 2. The molecule has 550 valence electrons. The molecule has 1 fully saturated rings. The normalized spacial score (nSPS) is 13.0. The van der Waals surface area contributed by atoms with Crippen LogP contribution in [0, 0.1) is 7.43 Å². The first-order chi connectivity index (χ1) is 47.7. The molecule has 5 heterocycles. The Morgan fingerprint density at radius 1 is 0.598 bits per heavy atom. The minimum absolute atomic E-state index is 0. The van der Waals surface area contributed by atoms with Gasteiger partial charge in [0, 0.05) is 116 Å². The zero-order valence-corrected chi connectivity index (χ0v) is 69.4. The molecule has 6 aromatic carbocycles. The number of hydrogen-bond acceptors (Lipinski definition) is 14. The number of unbranched alkanes of at least 4 members (excludes halogenated alkanes) is 8. The average molecular weight is 1660 g/mol. The summed E-state index contributed by atoms with van der Waals surface area (Å²) in [5, 5.41) is 13.4. The van der Waals surface area contributed by atoms with Crippen LogP contribution in [0.4, 0.5) is 38.9 Å². The van der Waals surface area contributed by atoms with Crippen molar-refractivity contribution in [2.24, 2.45) is 0 Å². The summed E-state index contributed by atoms with van der Waals surface area (Å²) in [6.45, 7) is 15.3. The maximum atomic E-state index is 13.0. The van der Waals surface area contributed by atoms with Crippen LogP contribution in [-0.2, 0) is 55.6 Å². The van der Waals surface area contributed by atoms with Crippen molar-refractivity contribution in [3.63, 3.8) is 0 Å². The third kappa shape index (κ3) is 24.1. The van der Waals surface area contributed by atoms with Crippen molar-refractivity contribution in [3.8, 4) is 21.1 Å². The van der Waals surface area contributed by atoms with Crippen LogP contribution in [0.1, 0.15) is 161 Å². The minimum Gasteiger partial charge on any atom is -1.00 e. The van der Waals surface area contributed by atoms with E-state index in [1.165, 1.54) is 136 Å². The first-order valence-electron chi connectivity index (χ1n) is 35.7. The molecule has 6 aromatic rings. The number of aliphatic hydroxyl groups is 1. The average Bonchev–Trinajstić information content (AvgIpc) is 0.806. The van der Waals surface area contributed by atoms with Crippen molar-refractivity contribution in [2.45, 2.75) is 196 Å². The van der Waals surface area contributed by atoms with Crippen LogP contribution in [0.15, 0.2) is 170 Å². The van der Waals surface area contributed by atoms with Crippen molar-refractivity contribution in [1.29, 1.82) is 0 Å². The number of aliphatic hydroxyl groups excluding tert-OH is 1. The number of hydrogen-bond donors (Lipinski definition) is 2. The van der Waals surface area contributed by atoms with E-state index < -0.39 is 11.9 Å². The van der Waals surface area contributed by atoms with E-state index in [-0.39, 0.29) is 63.3 Å². The molecular formula is C84H107IN7O5PdS4-. The van der Waals surface area contributed by atoms with Gasteiger partial charge in [0.1, 0.15) is 19.7 Å². The molecule has 1 saturated heterocycles. The number of para-hydroxylation sites is 2. The van der Waals surface area contributed by atoms with Gasteiger partial charge in [-0.05, 0) is 187 Å². The molecule has 12 nitrogen and oxygen atoms in total. The molecule has 18 heteroatoms. The molecule has 102 heavy (non-hydrogen) atoms. The Hall–Kier alpha value is -5.92. The number of aryl methyl sites for hydroxylation is 4. The number of anilines is 6. The summed E-state index contributed by atoms with van der Waals surface area (Å²) < 4.78 is 15.0. The van der Waals surface area contributed by atoms with Crippen LogP contribution in [0.2, 0.25) is 0 Å². The molecular weight excluding hydrogens is 1550 g/mol. The number of halogens is 1. The maximum absolute atomic E-state index is 13.0. The molecule has 0 radical (unpaired) electrons. The van der Waals surface area contributed by atoms with Gasteiger partial charge in [0.15, 0.2) is 11.7 Å². The number of nitrogens with zero attached hydrogens (tertiary/aromatic N) is 6. The molecule has 2 N–H and O–H groups in total. The van der Waals surface area contributed by atoms with Crippen molar-refractivity contribution >= 4 is 107 Å². The van der Waals surface area contributed by atoms with Crippen molar-refractivity contribution < 1.29 is 63.8 Å². The maximum Gasteiger partial charge on any atom is 0.419 e. The third-order valence-electron chi connectivity index (χ3n) is 17.4. The number of carbonyl (C=O) groups excluding carboxylic acids is 1. The summed E-state index contributed by atoms with van der Waals surface area (Å²) in [5.74, 6) is 0. The molecule has 1 unspecified atom stereocenters. The van der Waals surface area contributed by atoms with E-state index in [9.17, 15) is 9.59 Å². The van der Waals surface area contributed by atoms with Gasteiger partial charge in [-0.15, -0.1) is 22.7 Å². The number of nitrogens with one attached hydrogen (secondary N) is 1. The number of rotatable bonds is 18. The Kier molecular flexibility index (Phi) is 34.7. The van der Waals surface area contributed by atoms with Crippen LogP contribution >= 0.6 is 46.2 Å². The van der Waals surface area contributed by atoms with Crippen LogP contribution < -0.4 is 59.4 Å². The fourth-order valence-corrected chi connectivity index (χ4v) is 15.9. The van der Waals surface area contributed by atoms with Crippen LogP contribution in [-0.4, -0.2) is 82.0 Å². The smallest absolute Gasteiger partial charge is 0.419 e. The van der Waals surface area contributed by atoms with E-state index in [1.807, 2.05) is 82.2 Å². The monoisotopic (exact) mass is 1650 g/mol. The number of ether oxygens (including phenoxy) is 2. The molecule has 0 spiro atoms. The number of benzene rings is 8. The molecule has 2 aliphatic carbocycles. The molecule has 7 aliphatic rings. The number of amides is 1. The summed E-state index contributed by atoms with van der Waals surface area (Å²) >= 11 is 7.05. The van der Waals surface area contributed by atoms with Crippen molar-refractivity contribution in [2.75, 3.05) is 68.9 Å². The molecule has 1 atom stereocenters. The topological polar surface area (TPSA) is 123 Å². The Labute approximate surface area is 655 Å². The van der Waals surface area contributed by atoms with Crippen LogP contribution in [0.3, 0.4) is 0 Å². The second-order valence-corrected chi connectivity index (χ2v) is 31.7. The van der Waals surface area contributed by atoms with Gasteiger partial charge in [0.05, 0.1) is 64.3 Å². The summed E-state index contributed by atoms with van der Waals surface area (Å²) in [5.41, 5.74) is 15.4. The van der Waals surface area contributed by atoms with Gasteiger partial charge in [-0.3, -0.25) is 4.79 Å². The van der Waals surface area contributed by atoms with E-state index in [0.717, 1.165) is 110 Å². The summed E-state index contributed by atoms with van der Waals surface area (Å²) in [6, 6.07) is 51.0. The Morgan fingerprint density at radius 3 is 1.62 bits per heavy atom. The van der Waals surface area contributed by atoms with Gasteiger partial charge in [-0.2, -0.15) is 0 Å². The van der Waals surface area contributed by atoms with E-state index in [0.29, 0.717) is 0 Å². The molecule has 1 amide bonds. The zero-order chi connectivity index (χ0) is 70.6. The second kappa shape index (κ2) is 41.7. The predicted molar refractivity (Wildman–Crippen MR) is 431 cm³/mol. The van der Waals surface area contributed by atoms with Crippen molar-refractivity contribution in [3.05, 3.63) is 191 Å². The zero-order valence-electron chi connectivity index (χ0n) is 62.5. The van der Waals surface area contributed by atoms with E-state index in [4.69, 9.17) is 24.5 Å². The summed E-state index contributed by atoms with van der Waals surface area (Å²) in [6.07, 6.45) is 19.9. The van der Waals surface area contributed by atoms with Gasteiger partial charge >= 0.3 is 6.09 Å². The molecule has 0 saturated carbocycles. The van der Waals surface area contributed by atoms with Gasteiger partial charge < -0.3 is 61.1 Å². The summed E-state index contributed by atoms with van der Waals surface area (Å²) in [4.78, 5) is 48.0. The Balaban J connectivity index is 0.000000207. The minimum atomic E-state index is -0.532. The summed E-state index contributed by atoms with van der Waals surface area (Å²) in [7, 11) is 12.5. The second-order valence-electron chi connectivity index (χ2n) is 27.3. The van der Waals surface area contributed by atoms with Gasteiger partial charge in [-0.25, -0.2) is 24.2 Å². The largest absolute Gasteiger partial charge is 1.00 e. The molecule has 0 bridgehead atoms. The van der Waals surface area contributed by atoms with E-state index >= 15 is 0 Å². The SMILES string of the molecule is CCCCCc1cc2nc3ccc(N(C)C)cc3sc-2cc1=O.CCCCCc1cc2nc3ccc(N(C)C)cc3sc-2cc1=[N+](C)C.CCCCCc1ccc2c(c1)N(C(=O)OC(C)(C)C)c1ccccc1S2.CCCCCc1ccc2c(c1)Nc1ccccc1S2.OC1CCCO1.[CH3-].[I-].[Pd]. The van der Waals surface area contributed by atoms with E-state index in [1.54, 1.807) is 34.1 Å². The molecule has 13 rings (SSSR count). The fourth-order valence-electron chi connectivity index (χ4n) is 11.9. The first-order valence-corrected chi connectivity index (χ1v) is 39.0. The Bertz CT molecular complexity index is 4370. The van der Waals surface area contributed by atoms with E-state index in [2.05, 4.69) is 191 Å². The van der Waals surface area contributed by atoms with Crippen molar-refractivity contribution in [1.82, 2.24) is 14.5 Å². The van der Waals surface area contributed by atoms with Crippen LogP contribution in [0.5, 0.6) is 0 Å². The Morgan fingerprint density at radius 2 is 1.09 bits per heavy atom. The third-order valence-corrected chi connectivity index (χ3v) is 21.8. The quantitative estimate of drug-likeness (QED) is 0.0212. The molecule has 0 aromatic heterocycles. The number of fused-ring (bicyclic) bond motifs is 8. The molecule has 5 aliphatic heterocycles.